The van der Waals surface area contributed by atoms with Crippen LogP contribution in [0, 0.1) is 5.82 Å². The van der Waals surface area contributed by atoms with Gasteiger partial charge >= 0.3 is 0 Å². The molecule has 0 fully saturated rings. The first-order valence-corrected chi connectivity index (χ1v) is 6.74. The third kappa shape index (κ3) is 3.42. The molecule has 2 nitrogen and oxygen atoms in total. The van der Waals surface area contributed by atoms with Gasteiger partial charge in [-0.2, -0.15) is 0 Å². The second-order valence-electron chi connectivity index (χ2n) is 4.70. The van der Waals surface area contributed by atoms with E-state index in [1.165, 1.54) is 6.07 Å². The SMILES string of the molecule is CC(Br)CN(C)CC1Cc2cc(F)ccc2O1. The fraction of sp³-hybridized carbons (Fsp3) is 0.538. The van der Waals surface area contributed by atoms with Crippen LogP contribution in [-0.2, 0) is 6.42 Å². The Labute approximate surface area is 110 Å². The molecule has 94 valence electrons. The molecule has 2 atom stereocenters. The van der Waals surface area contributed by atoms with E-state index in [0.29, 0.717) is 4.83 Å². The summed E-state index contributed by atoms with van der Waals surface area (Å²) in [5.41, 5.74) is 0.982. The first-order valence-electron chi connectivity index (χ1n) is 5.82. The highest BCUT2D eigenvalue weighted by Gasteiger charge is 2.24. The largest absolute Gasteiger partial charge is 0.488 e. The van der Waals surface area contributed by atoms with Crippen molar-refractivity contribution in [3.8, 4) is 5.75 Å². The summed E-state index contributed by atoms with van der Waals surface area (Å²) in [5.74, 6) is 0.645. The summed E-state index contributed by atoms with van der Waals surface area (Å²) >= 11 is 3.53. The second-order valence-corrected chi connectivity index (χ2v) is 6.26. The summed E-state index contributed by atoms with van der Waals surface area (Å²) in [6, 6.07) is 4.74. The smallest absolute Gasteiger partial charge is 0.123 e. The van der Waals surface area contributed by atoms with Crippen molar-refractivity contribution in [3.63, 3.8) is 0 Å². The number of hydrogen-bond donors (Lipinski definition) is 0. The highest BCUT2D eigenvalue weighted by Crippen LogP contribution is 2.29. The minimum atomic E-state index is -0.185. The van der Waals surface area contributed by atoms with Crippen LogP contribution in [0.15, 0.2) is 18.2 Å². The van der Waals surface area contributed by atoms with E-state index in [4.69, 9.17) is 4.74 Å². The van der Waals surface area contributed by atoms with Crippen LogP contribution in [0.4, 0.5) is 4.39 Å². The van der Waals surface area contributed by atoms with Crippen LogP contribution >= 0.6 is 15.9 Å². The zero-order valence-electron chi connectivity index (χ0n) is 10.1. The number of benzene rings is 1. The lowest BCUT2D eigenvalue weighted by Crippen LogP contribution is -2.34. The third-order valence-corrected chi connectivity index (χ3v) is 3.13. The van der Waals surface area contributed by atoms with Gasteiger partial charge < -0.3 is 9.64 Å². The van der Waals surface area contributed by atoms with Gasteiger partial charge in [-0.05, 0) is 25.2 Å². The van der Waals surface area contributed by atoms with Gasteiger partial charge in [-0.1, -0.05) is 22.9 Å². The van der Waals surface area contributed by atoms with E-state index in [-0.39, 0.29) is 11.9 Å². The molecule has 1 aliphatic heterocycles. The van der Waals surface area contributed by atoms with Crippen LogP contribution in [-0.4, -0.2) is 36.0 Å². The molecule has 0 radical (unpaired) electrons. The van der Waals surface area contributed by atoms with Crippen LogP contribution in [0.1, 0.15) is 12.5 Å². The Morgan fingerprint density at radius 1 is 1.59 bits per heavy atom. The van der Waals surface area contributed by atoms with E-state index in [2.05, 4.69) is 34.8 Å². The number of alkyl halides is 1. The number of rotatable bonds is 4. The van der Waals surface area contributed by atoms with Crippen molar-refractivity contribution in [2.24, 2.45) is 0 Å². The molecule has 0 saturated heterocycles. The standard InChI is InChI=1S/C13H17BrFNO/c1-9(14)7-16(2)8-12-6-10-5-11(15)3-4-13(10)17-12/h3-5,9,12H,6-8H2,1-2H3. The lowest BCUT2D eigenvalue weighted by Gasteiger charge is -2.21. The van der Waals surface area contributed by atoms with Crippen LogP contribution in [0.2, 0.25) is 0 Å². The summed E-state index contributed by atoms with van der Waals surface area (Å²) in [7, 11) is 2.07. The molecular weight excluding hydrogens is 285 g/mol. The van der Waals surface area contributed by atoms with Gasteiger partial charge in [0.15, 0.2) is 0 Å². The van der Waals surface area contributed by atoms with Crippen molar-refractivity contribution >= 4 is 15.9 Å². The summed E-state index contributed by atoms with van der Waals surface area (Å²) in [6.45, 7) is 3.97. The highest BCUT2D eigenvalue weighted by molar-refractivity contribution is 9.09. The van der Waals surface area contributed by atoms with Crippen molar-refractivity contribution in [2.45, 2.75) is 24.3 Å². The monoisotopic (exact) mass is 301 g/mol. The van der Waals surface area contributed by atoms with Crippen LogP contribution in [0.25, 0.3) is 0 Å². The minimum absolute atomic E-state index is 0.142. The first kappa shape index (κ1) is 12.8. The normalized spacial score (nSPS) is 20.2. The molecule has 0 N–H and O–H groups in total. The lowest BCUT2D eigenvalue weighted by molar-refractivity contribution is 0.170. The Morgan fingerprint density at radius 3 is 3.06 bits per heavy atom. The number of nitrogens with zero attached hydrogens (tertiary/aromatic N) is 1. The topological polar surface area (TPSA) is 12.5 Å². The van der Waals surface area contributed by atoms with Gasteiger partial charge in [0.05, 0.1) is 0 Å². The number of hydrogen-bond acceptors (Lipinski definition) is 2. The average Bonchev–Trinajstić information content (AvgIpc) is 2.57. The van der Waals surface area contributed by atoms with Crippen molar-refractivity contribution in [2.75, 3.05) is 20.1 Å². The minimum Gasteiger partial charge on any atom is -0.488 e. The van der Waals surface area contributed by atoms with Crippen LogP contribution < -0.4 is 4.74 Å². The molecule has 0 amide bonds. The molecule has 2 rings (SSSR count). The molecule has 4 heteroatoms. The maximum Gasteiger partial charge on any atom is 0.123 e. The Hall–Kier alpha value is -0.610. The fourth-order valence-electron chi connectivity index (χ4n) is 2.24. The molecule has 1 aromatic rings. The average molecular weight is 302 g/mol. The molecule has 0 spiro atoms. The van der Waals surface area contributed by atoms with Gasteiger partial charge in [-0.3, -0.25) is 0 Å². The van der Waals surface area contributed by atoms with Gasteiger partial charge in [0.25, 0.3) is 0 Å². The zero-order valence-corrected chi connectivity index (χ0v) is 11.7. The molecular formula is C13H17BrFNO. The van der Waals surface area contributed by atoms with Crippen molar-refractivity contribution < 1.29 is 9.13 Å². The summed E-state index contributed by atoms with van der Waals surface area (Å²) in [5, 5.41) is 0. The van der Waals surface area contributed by atoms with E-state index in [1.54, 1.807) is 12.1 Å². The van der Waals surface area contributed by atoms with Crippen LogP contribution in [0.5, 0.6) is 5.75 Å². The Balaban J connectivity index is 1.92. The fourth-order valence-corrected chi connectivity index (χ4v) is 2.74. The van der Waals surface area contributed by atoms with Crippen molar-refractivity contribution in [3.05, 3.63) is 29.6 Å². The summed E-state index contributed by atoms with van der Waals surface area (Å²) in [6.07, 6.45) is 0.941. The van der Waals surface area contributed by atoms with Gasteiger partial charge in [0.1, 0.15) is 17.7 Å². The number of likely N-dealkylation sites (N-methyl/N-ethyl adjacent to an activating group) is 1. The molecule has 1 heterocycles. The summed E-state index contributed by atoms with van der Waals surface area (Å²) < 4.78 is 18.8. The van der Waals surface area contributed by atoms with Crippen LogP contribution in [0.3, 0.4) is 0 Å². The van der Waals surface area contributed by atoms with E-state index in [0.717, 1.165) is 30.8 Å². The van der Waals surface area contributed by atoms with Gasteiger partial charge in [-0.25, -0.2) is 4.39 Å². The molecule has 2 unspecified atom stereocenters. The lowest BCUT2D eigenvalue weighted by atomic mass is 10.1. The molecule has 0 bridgehead atoms. The van der Waals surface area contributed by atoms with E-state index in [1.807, 2.05) is 0 Å². The third-order valence-electron chi connectivity index (χ3n) is 2.84. The Morgan fingerprint density at radius 2 is 2.35 bits per heavy atom. The van der Waals surface area contributed by atoms with Gasteiger partial charge in [0.2, 0.25) is 0 Å². The number of halogens is 2. The predicted octanol–water partition coefficient (Wildman–Crippen LogP) is 2.84. The van der Waals surface area contributed by atoms with Crippen molar-refractivity contribution in [1.29, 1.82) is 0 Å². The Kier molecular flexibility index (Phi) is 4.05. The molecule has 17 heavy (non-hydrogen) atoms. The Bertz CT molecular complexity index is 397. The second kappa shape index (κ2) is 5.36. The number of ether oxygens (including phenoxy) is 1. The van der Waals surface area contributed by atoms with E-state index < -0.39 is 0 Å². The van der Waals surface area contributed by atoms with E-state index in [9.17, 15) is 4.39 Å². The maximum absolute atomic E-state index is 13.1. The number of fused-ring (bicyclic) bond motifs is 1. The molecule has 1 aromatic carbocycles. The molecule has 0 aliphatic carbocycles. The quantitative estimate of drug-likeness (QED) is 0.793. The molecule has 0 saturated carbocycles. The van der Waals surface area contributed by atoms with Gasteiger partial charge in [0, 0.05) is 29.9 Å². The van der Waals surface area contributed by atoms with E-state index >= 15 is 0 Å². The zero-order chi connectivity index (χ0) is 12.4. The molecule has 1 aliphatic rings. The highest BCUT2D eigenvalue weighted by atomic mass is 79.9. The molecule has 0 aromatic heterocycles. The van der Waals surface area contributed by atoms with Crippen molar-refractivity contribution in [1.82, 2.24) is 4.90 Å². The first-order chi connectivity index (χ1) is 8.04. The maximum atomic E-state index is 13.1. The van der Waals surface area contributed by atoms with Gasteiger partial charge in [-0.15, -0.1) is 0 Å². The summed E-state index contributed by atoms with van der Waals surface area (Å²) in [4.78, 5) is 2.69. The predicted molar refractivity (Wildman–Crippen MR) is 70.4 cm³/mol.